The second-order valence-corrected chi connectivity index (χ2v) is 8.38. The number of carbonyl (C=O) groups excluding carboxylic acids is 1. The fourth-order valence-corrected chi connectivity index (χ4v) is 4.08. The first-order valence-electron chi connectivity index (χ1n) is 7.86. The lowest BCUT2D eigenvalue weighted by Crippen LogP contribution is -2.40. The summed E-state index contributed by atoms with van der Waals surface area (Å²) >= 11 is 0. The van der Waals surface area contributed by atoms with Gasteiger partial charge in [0, 0.05) is 32.9 Å². The molecule has 0 radical (unpaired) electrons. The average Bonchev–Trinajstić information content (AvgIpc) is 3.07. The van der Waals surface area contributed by atoms with Crippen molar-refractivity contribution in [1.82, 2.24) is 4.31 Å². The van der Waals surface area contributed by atoms with Crippen molar-refractivity contribution in [2.45, 2.75) is 24.2 Å². The summed E-state index contributed by atoms with van der Waals surface area (Å²) in [5, 5.41) is 0. The zero-order valence-electron chi connectivity index (χ0n) is 13.5. The van der Waals surface area contributed by atoms with Gasteiger partial charge >= 0.3 is 0 Å². The Morgan fingerprint density at radius 2 is 2.13 bits per heavy atom. The van der Waals surface area contributed by atoms with Crippen molar-refractivity contribution in [3.05, 3.63) is 23.8 Å². The molecule has 23 heavy (non-hydrogen) atoms. The van der Waals surface area contributed by atoms with E-state index in [1.165, 1.54) is 18.4 Å². The molecule has 2 aliphatic heterocycles. The first-order chi connectivity index (χ1) is 10.9. The lowest BCUT2D eigenvalue weighted by molar-refractivity contribution is -0.122. The third kappa shape index (κ3) is 3.00. The van der Waals surface area contributed by atoms with E-state index in [1.807, 2.05) is 0 Å². The Balaban J connectivity index is 1.93. The van der Waals surface area contributed by atoms with Crippen LogP contribution in [-0.2, 0) is 26.0 Å². The van der Waals surface area contributed by atoms with Crippen LogP contribution in [0.2, 0.25) is 0 Å². The molecule has 1 atom stereocenters. The largest absolute Gasteiger partial charge is 0.381 e. The molecule has 7 heteroatoms. The highest BCUT2D eigenvalue weighted by atomic mass is 32.2. The number of fused-ring (bicyclic) bond motifs is 1. The molecule has 0 spiro atoms. The van der Waals surface area contributed by atoms with Crippen LogP contribution in [0.15, 0.2) is 23.1 Å². The Kier molecular flexibility index (Phi) is 4.44. The van der Waals surface area contributed by atoms with E-state index in [4.69, 9.17) is 4.74 Å². The first kappa shape index (κ1) is 16.4. The number of carbonyl (C=O) groups is 1. The molecule has 6 nitrogen and oxygen atoms in total. The van der Waals surface area contributed by atoms with Crippen LogP contribution < -0.4 is 4.90 Å². The van der Waals surface area contributed by atoms with Gasteiger partial charge in [0.15, 0.2) is 0 Å². The topological polar surface area (TPSA) is 66.9 Å². The SMILES string of the molecule is CN(C)S(=O)(=O)c1ccc2c(c1)CCCN2C(=O)[C@@H]1CCOC1. The zero-order chi connectivity index (χ0) is 16.6. The summed E-state index contributed by atoms with van der Waals surface area (Å²) in [6.45, 7) is 1.80. The van der Waals surface area contributed by atoms with Crippen molar-refractivity contribution in [1.29, 1.82) is 0 Å². The van der Waals surface area contributed by atoms with E-state index in [1.54, 1.807) is 23.1 Å². The summed E-state index contributed by atoms with van der Waals surface area (Å²) in [5.41, 5.74) is 1.76. The Morgan fingerprint density at radius 3 is 2.78 bits per heavy atom. The van der Waals surface area contributed by atoms with Gasteiger partial charge in [-0.2, -0.15) is 0 Å². The number of nitrogens with zero attached hydrogens (tertiary/aromatic N) is 2. The van der Waals surface area contributed by atoms with E-state index in [0.717, 1.165) is 30.5 Å². The summed E-state index contributed by atoms with van der Waals surface area (Å²) in [4.78, 5) is 14.7. The Morgan fingerprint density at radius 1 is 1.35 bits per heavy atom. The van der Waals surface area contributed by atoms with Crippen LogP contribution in [0.3, 0.4) is 0 Å². The van der Waals surface area contributed by atoms with Gasteiger partial charge in [0.2, 0.25) is 15.9 Å². The van der Waals surface area contributed by atoms with Gasteiger partial charge in [-0.15, -0.1) is 0 Å². The summed E-state index contributed by atoms with van der Waals surface area (Å²) in [6, 6.07) is 5.05. The molecular weight excluding hydrogens is 316 g/mol. The molecule has 0 aromatic heterocycles. The number of rotatable bonds is 3. The number of benzene rings is 1. The monoisotopic (exact) mass is 338 g/mol. The summed E-state index contributed by atoms with van der Waals surface area (Å²) in [5.74, 6) is 0.0119. The number of hydrogen-bond donors (Lipinski definition) is 0. The second-order valence-electron chi connectivity index (χ2n) is 6.23. The van der Waals surface area contributed by atoms with Crippen molar-refractivity contribution in [2.75, 3.05) is 38.8 Å². The molecule has 3 rings (SSSR count). The average molecular weight is 338 g/mol. The highest BCUT2D eigenvalue weighted by molar-refractivity contribution is 7.89. The standard InChI is InChI=1S/C16H22N2O4S/c1-17(2)23(20,21)14-5-6-15-12(10-14)4-3-8-18(15)16(19)13-7-9-22-11-13/h5-6,10,13H,3-4,7-9,11H2,1-2H3/t13-/m1/s1. The number of anilines is 1. The van der Waals surface area contributed by atoms with Gasteiger partial charge in [-0.05, 0) is 43.0 Å². The van der Waals surface area contributed by atoms with Crippen LogP contribution in [0.4, 0.5) is 5.69 Å². The normalized spacial score (nSPS) is 21.5. The molecule has 1 aromatic rings. The van der Waals surface area contributed by atoms with E-state index in [0.29, 0.717) is 19.8 Å². The number of sulfonamides is 1. The zero-order valence-corrected chi connectivity index (χ0v) is 14.3. The van der Waals surface area contributed by atoms with Crippen molar-refractivity contribution in [3.8, 4) is 0 Å². The van der Waals surface area contributed by atoms with Crippen molar-refractivity contribution in [3.63, 3.8) is 0 Å². The molecular formula is C16H22N2O4S. The Labute approximate surface area is 137 Å². The summed E-state index contributed by atoms with van der Waals surface area (Å²) in [6.07, 6.45) is 2.40. The van der Waals surface area contributed by atoms with Gasteiger partial charge in [0.25, 0.3) is 0 Å². The predicted octanol–water partition coefficient (Wildman–Crippen LogP) is 1.25. The predicted molar refractivity (Wildman–Crippen MR) is 86.9 cm³/mol. The molecule has 1 amide bonds. The number of hydrogen-bond acceptors (Lipinski definition) is 4. The molecule has 1 saturated heterocycles. The maximum Gasteiger partial charge on any atom is 0.242 e. The lowest BCUT2D eigenvalue weighted by Gasteiger charge is -2.31. The second kappa shape index (κ2) is 6.22. The van der Waals surface area contributed by atoms with E-state index in [-0.39, 0.29) is 16.7 Å². The summed E-state index contributed by atoms with van der Waals surface area (Å²) in [7, 11) is -0.417. The number of aryl methyl sites for hydroxylation is 1. The van der Waals surface area contributed by atoms with Crippen molar-refractivity contribution < 1.29 is 17.9 Å². The summed E-state index contributed by atoms with van der Waals surface area (Å²) < 4.78 is 31.1. The fraction of sp³-hybridized carbons (Fsp3) is 0.562. The quantitative estimate of drug-likeness (QED) is 0.832. The molecule has 0 N–H and O–H groups in total. The maximum atomic E-state index is 12.7. The number of amides is 1. The third-order valence-corrected chi connectivity index (χ3v) is 6.30. The van der Waals surface area contributed by atoms with Crippen molar-refractivity contribution >= 4 is 21.6 Å². The minimum Gasteiger partial charge on any atom is -0.381 e. The molecule has 1 fully saturated rings. The van der Waals surface area contributed by atoms with Crippen molar-refractivity contribution in [2.24, 2.45) is 5.92 Å². The van der Waals surface area contributed by atoms with Gasteiger partial charge in [0.1, 0.15) is 0 Å². The van der Waals surface area contributed by atoms with Crippen LogP contribution in [0, 0.1) is 5.92 Å². The van der Waals surface area contributed by atoms with Gasteiger partial charge < -0.3 is 9.64 Å². The van der Waals surface area contributed by atoms with Crippen LogP contribution in [0.5, 0.6) is 0 Å². The maximum absolute atomic E-state index is 12.7. The first-order valence-corrected chi connectivity index (χ1v) is 9.30. The highest BCUT2D eigenvalue weighted by Crippen LogP contribution is 2.32. The van der Waals surface area contributed by atoms with Crippen LogP contribution in [0.25, 0.3) is 0 Å². The lowest BCUT2D eigenvalue weighted by atomic mass is 9.99. The molecule has 126 valence electrons. The molecule has 2 aliphatic rings. The smallest absolute Gasteiger partial charge is 0.242 e. The molecule has 0 aliphatic carbocycles. The van der Waals surface area contributed by atoms with Gasteiger partial charge in [-0.3, -0.25) is 4.79 Å². The van der Waals surface area contributed by atoms with Crippen LogP contribution in [0.1, 0.15) is 18.4 Å². The van der Waals surface area contributed by atoms with E-state index in [2.05, 4.69) is 0 Å². The molecule has 2 heterocycles. The highest BCUT2D eigenvalue weighted by Gasteiger charge is 2.31. The van der Waals surface area contributed by atoms with Crippen LogP contribution in [-0.4, -0.2) is 52.5 Å². The van der Waals surface area contributed by atoms with E-state index in [9.17, 15) is 13.2 Å². The number of ether oxygens (including phenoxy) is 1. The molecule has 1 aromatic carbocycles. The third-order valence-electron chi connectivity index (χ3n) is 4.49. The molecule has 0 unspecified atom stereocenters. The fourth-order valence-electron chi connectivity index (χ4n) is 3.12. The molecule has 0 saturated carbocycles. The Bertz CT molecular complexity index is 709. The van der Waals surface area contributed by atoms with E-state index >= 15 is 0 Å². The minimum absolute atomic E-state index is 0.0777. The minimum atomic E-state index is -3.45. The Hall–Kier alpha value is -1.44. The van der Waals surface area contributed by atoms with E-state index < -0.39 is 10.0 Å². The van der Waals surface area contributed by atoms with Gasteiger partial charge in [0.05, 0.1) is 17.4 Å². The van der Waals surface area contributed by atoms with Gasteiger partial charge in [-0.25, -0.2) is 12.7 Å². The van der Waals surface area contributed by atoms with Crippen LogP contribution >= 0.6 is 0 Å². The molecule has 0 bridgehead atoms. The van der Waals surface area contributed by atoms with Gasteiger partial charge in [-0.1, -0.05) is 0 Å².